The van der Waals surface area contributed by atoms with Gasteiger partial charge in [0.1, 0.15) is 23.0 Å². The normalized spacial score (nSPS) is 10.6. The minimum absolute atomic E-state index is 0.213. The third kappa shape index (κ3) is 3.51. The summed E-state index contributed by atoms with van der Waals surface area (Å²) in [6, 6.07) is 0. The van der Waals surface area contributed by atoms with Gasteiger partial charge in [0.2, 0.25) is 0 Å². The van der Waals surface area contributed by atoms with E-state index in [1.165, 1.54) is 13.8 Å². The Bertz CT molecular complexity index is 756. The first kappa shape index (κ1) is 18.6. The van der Waals surface area contributed by atoms with E-state index in [0.29, 0.717) is 4.90 Å². The maximum atomic E-state index is 12.3. The van der Waals surface area contributed by atoms with Crippen molar-refractivity contribution in [1.82, 2.24) is 19.9 Å². The monoisotopic (exact) mass is 408 g/mol. The number of carbonyl (C=O) groups excluding carboxylic acids is 2. The minimum atomic E-state index is -1.31. The van der Waals surface area contributed by atoms with E-state index in [4.69, 9.17) is 52.1 Å². The molecule has 2 aromatic rings. The predicted octanol–water partition coefficient (Wildman–Crippen LogP) is 2.65. The molecule has 2 N–H and O–H groups in total. The smallest absolute Gasteiger partial charge is 0.321 e. The summed E-state index contributed by atoms with van der Waals surface area (Å²) < 4.78 is 0. The molecule has 0 aliphatic rings. The Labute approximate surface area is 155 Å². The van der Waals surface area contributed by atoms with Crippen LogP contribution in [-0.4, -0.2) is 31.8 Å². The SMILES string of the molecule is Cc1nc(Cl)c(N(C(=O)C(N)=O)c2c(Cl)nc(C)nc2Cl)c(Cl)n1. The van der Waals surface area contributed by atoms with Gasteiger partial charge in [0, 0.05) is 0 Å². The molecule has 0 aliphatic heterocycles. The van der Waals surface area contributed by atoms with Gasteiger partial charge in [0.05, 0.1) is 0 Å². The number of carbonyl (C=O) groups is 2. The first-order valence-corrected chi connectivity index (χ1v) is 7.67. The van der Waals surface area contributed by atoms with Gasteiger partial charge in [-0.15, -0.1) is 0 Å². The maximum Gasteiger partial charge on any atom is 0.321 e. The number of nitrogens with two attached hydrogens (primary N) is 1. The summed E-state index contributed by atoms with van der Waals surface area (Å²) >= 11 is 24.2. The number of aryl methyl sites for hydroxylation is 2. The zero-order valence-electron chi connectivity index (χ0n) is 12.1. The maximum absolute atomic E-state index is 12.3. The number of amides is 2. The summed E-state index contributed by atoms with van der Waals surface area (Å²) in [5, 5.41) is -0.853. The fourth-order valence-electron chi connectivity index (χ4n) is 1.79. The lowest BCUT2D eigenvalue weighted by molar-refractivity contribution is -0.135. The molecule has 12 heteroatoms. The largest absolute Gasteiger partial charge is 0.361 e. The summed E-state index contributed by atoms with van der Waals surface area (Å²) in [7, 11) is 0. The molecular formula is C12H8Cl4N6O2. The van der Waals surface area contributed by atoms with Gasteiger partial charge in [-0.25, -0.2) is 19.9 Å². The van der Waals surface area contributed by atoms with Crippen LogP contribution in [0, 0.1) is 13.8 Å². The summed E-state index contributed by atoms with van der Waals surface area (Å²) in [5.41, 5.74) is 4.65. The number of aromatic nitrogens is 4. The molecule has 0 aromatic carbocycles. The molecule has 126 valence electrons. The van der Waals surface area contributed by atoms with Crippen molar-refractivity contribution in [3.8, 4) is 0 Å². The number of rotatable bonds is 2. The summed E-state index contributed by atoms with van der Waals surface area (Å²) in [4.78, 5) is 40.0. The standard InChI is InChI=1S/C12H8Cl4N6O2/c1-3-18-7(13)5(8(14)19-3)22(12(24)11(17)23)6-9(15)20-4(2)21-10(6)16/h1-2H3,(H2,17,23). The molecule has 0 saturated carbocycles. The van der Waals surface area contributed by atoms with Crippen LogP contribution in [0.3, 0.4) is 0 Å². The zero-order chi connectivity index (χ0) is 18.2. The molecule has 0 unspecified atom stereocenters. The van der Waals surface area contributed by atoms with Gasteiger partial charge in [0.25, 0.3) is 0 Å². The molecule has 0 aliphatic carbocycles. The highest BCUT2D eigenvalue weighted by molar-refractivity contribution is 6.48. The van der Waals surface area contributed by atoms with Crippen LogP contribution in [0.1, 0.15) is 11.6 Å². The van der Waals surface area contributed by atoms with Crippen LogP contribution in [0.5, 0.6) is 0 Å². The van der Waals surface area contributed by atoms with E-state index in [-0.39, 0.29) is 43.6 Å². The molecule has 0 atom stereocenters. The Morgan fingerprint density at radius 3 is 1.33 bits per heavy atom. The fourth-order valence-corrected chi connectivity index (χ4v) is 3.08. The highest BCUT2D eigenvalue weighted by Gasteiger charge is 2.32. The van der Waals surface area contributed by atoms with Crippen LogP contribution < -0.4 is 10.6 Å². The average molecular weight is 410 g/mol. The van der Waals surface area contributed by atoms with E-state index < -0.39 is 11.8 Å². The van der Waals surface area contributed by atoms with Crippen molar-refractivity contribution in [2.75, 3.05) is 4.90 Å². The van der Waals surface area contributed by atoms with Crippen LogP contribution in [-0.2, 0) is 9.59 Å². The van der Waals surface area contributed by atoms with Gasteiger partial charge in [-0.2, -0.15) is 0 Å². The third-order valence-electron chi connectivity index (χ3n) is 2.68. The highest BCUT2D eigenvalue weighted by Crippen LogP contribution is 2.41. The molecule has 0 saturated heterocycles. The fraction of sp³-hybridized carbons (Fsp3) is 0.167. The lowest BCUT2D eigenvalue weighted by atomic mass is 10.3. The third-order valence-corrected chi connectivity index (χ3v) is 3.74. The van der Waals surface area contributed by atoms with Crippen molar-refractivity contribution in [2.24, 2.45) is 5.73 Å². The minimum Gasteiger partial charge on any atom is -0.361 e. The second kappa shape index (κ2) is 7.02. The van der Waals surface area contributed by atoms with Crippen LogP contribution >= 0.6 is 46.4 Å². The highest BCUT2D eigenvalue weighted by atomic mass is 35.5. The van der Waals surface area contributed by atoms with Crippen molar-refractivity contribution in [3.63, 3.8) is 0 Å². The van der Waals surface area contributed by atoms with E-state index in [0.717, 1.165) is 0 Å². The number of nitrogens with zero attached hydrogens (tertiary/aromatic N) is 5. The first-order chi connectivity index (χ1) is 11.1. The van der Waals surface area contributed by atoms with Gasteiger partial charge >= 0.3 is 11.8 Å². The summed E-state index contributed by atoms with van der Waals surface area (Å²) in [5.74, 6) is -2.03. The second-order valence-electron chi connectivity index (χ2n) is 4.41. The van der Waals surface area contributed by atoms with Crippen LogP contribution in [0.4, 0.5) is 11.4 Å². The number of hydrogen-bond donors (Lipinski definition) is 1. The van der Waals surface area contributed by atoms with Crippen molar-refractivity contribution in [3.05, 3.63) is 32.3 Å². The lowest BCUT2D eigenvalue weighted by Gasteiger charge is -2.23. The summed E-state index contributed by atoms with van der Waals surface area (Å²) in [6.45, 7) is 3.08. The molecule has 2 aromatic heterocycles. The summed E-state index contributed by atoms with van der Waals surface area (Å²) in [6.07, 6.45) is 0. The Morgan fingerprint density at radius 2 is 1.08 bits per heavy atom. The predicted molar refractivity (Wildman–Crippen MR) is 89.9 cm³/mol. The molecule has 0 spiro atoms. The second-order valence-corrected chi connectivity index (χ2v) is 5.84. The number of halogens is 4. The molecule has 0 fully saturated rings. The first-order valence-electron chi connectivity index (χ1n) is 6.16. The van der Waals surface area contributed by atoms with E-state index in [9.17, 15) is 9.59 Å². The molecule has 2 amide bonds. The van der Waals surface area contributed by atoms with Gasteiger partial charge in [-0.05, 0) is 13.8 Å². The van der Waals surface area contributed by atoms with Gasteiger partial charge in [0.15, 0.2) is 20.6 Å². The van der Waals surface area contributed by atoms with E-state index in [1.54, 1.807) is 0 Å². The molecule has 2 heterocycles. The molecule has 8 nitrogen and oxygen atoms in total. The molecule has 24 heavy (non-hydrogen) atoms. The molecule has 0 bridgehead atoms. The number of hydrogen-bond acceptors (Lipinski definition) is 6. The van der Waals surface area contributed by atoms with Gasteiger partial charge in [-0.1, -0.05) is 46.4 Å². The van der Waals surface area contributed by atoms with Crippen LogP contribution in [0.25, 0.3) is 0 Å². The number of anilines is 2. The van der Waals surface area contributed by atoms with Crippen molar-refractivity contribution in [1.29, 1.82) is 0 Å². The number of primary amides is 1. The quantitative estimate of drug-likeness (QED) is 0.602. The molecule has 0 radical (unpaired) electrons. The van der Waals surface area contributed by atoms with Gasteiger partial charge in [-0.3, -0.25) is 14.5 Å². The van der Waals surface area contributed by atoms with E-state index in [1.807, 2.05) is 0 Å². The topological polar surface area (TPSA) is 115 Å². The van der Waals surface area contributed by atoms with E-state index in [2.05, 4.69) is 19.9 Å². The Balaban J connectivity index is 2.83. The van der Waals surface area contributed by atoms with Gasteiger partial charge < -0.3 is 5.73 Å². The Morgan fingerprint density at radius 1 is 0.792 bits per heavy atom. The van der Waals surface area contributed by atoms with Crippen molar-refractivity contribution in [2.45, 2.75) is 13.8 Å². The van der Waals surface area contributed by atoms with E-state index >= 15 is 0 Å². The average Bonchev–Trinajstić information content (AvgIpc) is 2.42. The molecular weight excluding hydrogens is 402 g/mol. The van der Waals surface area contributed by atoms with Crippen LogP contribution in [0.15, 0.2) is 0 Å². The lowest BCUT2D eigenvalue weighted by Crippen LogP contribution is -2.38. The van der Waals surface area contributed by atoms with Crippen molar-refractivity contribution >= 4 is 69.6 Å². The Hall–Kier alpha value is -1.74. The molecule has 2 rings (SSSR count). The van der Waals surface area contributed by atoms with Crippen molar-refractivity contribution < 1.29 is 9.59 Å². The zero-order valence-corrected chi connectivity index (χ0v) is 15.2. The Kier molecular flexibility index (Phi) is 5.44. The van der Waals surface area contributed by atoms with Crippen LogP contribution in [0.2, 0.25) is 20.6 Å².